The highest BCUT2D eigenvalue weighted by Gasteiger charge is 2.51. The molecule has 0 atom stereocenters. The number of hydrogen-bond acceptors (Lipinski definition) is 3. The lowest BCUT2D eigenvalue weighted by Gasteiger charge is -2.39. The Kier molecular flexibility index (Phi) is 6.23. The second kappa shape index (κ2) is 11.3. The fraction of sp³-hybridized carbons (Fsp3) is 0.0196. The van der Waals surface area contributed by atoms with Crippen LogP contribution < -0.4 is 4.74 Å². The van der Waals surface area contributed by atoms with Crippen LogP contribution in [0, 0.1) is 0 Å². The van der Waals surface area contributed by atoms with Crippen molar-refractivity contribution in [2.24, 2.45) is 0 Å². The molecule has 0 saturated carbocycles. The lowest BCUT2D eigenvalue weighted by Crippen LogP contribution is -2.32. The summed E-state index contributed by atoms with van der Waals surface area (Å²) in [6.07, 6.45) is 0. The number of nitrogens with zero attached hydrogens (tertiary/aromatic N) is 3. The topological polar surface area (TPSA) is 39.9 Å². The van der Waals surface area contributed by atoms with Crippen LogP contribution in [-0.4, -0.2) is 14.5 Å². The van der Waals surface area contributed by atoms with Gasteiger partial charge in [0.2, 0.25) is 5.95 Å². The van der Waals surface area contributed by atoms with Crippen LogP contribution in [0.4, 0.5) is 0 Å². The number of hydrogen-bond donors (Lipinski definition) is 0. The van der Waals surface area contributed by atoms with E-state index in [-0.39, 0.29) is 0 Å². The van der Waals surface area contributed by atoms with E-state index in [1.807, 2.05) is 12.1 Å². The van der Waals surface area contributed by atoms with Gasteiger partial charge in [-0.05, 0) is 57.6 Å². The minimum atomic E-state index is -0.548. The lowest BCUT2D eigenvalue weighted by molar-refractivity contribution is 0.442. The van der Waals surface area contributed by atoms with Crippen LogP contribution in [0.15, 0.2) is 188 Å². The van der Waals surface area contributed by atoms with E-state index in [0.717, 1.165) is 66.6 Å². The maximum Gasteiger partial charge on any atom is 0.235 e. The zero-order valence-electron chi connectivity index (χ0n) is 29.6. The van der Waals surface area contributed by atoms with Crippen molar-refractivity contribution < 1.29 is 4.74 Å². The molecule has 1 spiro atoms. The van der Waals surface area contributed by atoms with Crippen molar-refractivity contribution in [1.29, 1.82) is 0 Å². The molecule has 256 valence electrons. The highest BCUT2D eigenvalue weighted by Crippen LogP contribution is 2.63. The molecule has 0 unspecified atom stereocenters. The Morgan fingerprint density at radius 3 is 1.80 bits per heavy atom. The van der Waals surface area contributed by atoms with Gasteiger partial charge in [-0.1, -0.05) is 164 Å². The van der Waals surface area contributed by atoms with Crippen molar-refractivity contribution >= 4 is 32.7 Å². The maximum absolute atomic E-state index is 7.12. The van der Waals surface area contributed by atoms with Crippen molar-refractivity contribution in [3.05, 3.63) is 210 Å². The molecule has 0 radical (unpaired) electrons. The minimum Gasteiger partial charge on any atom is -0.456 e. The van der Waals surface area contributed by atoms with Crippen LogP contribution in [0.1, 0.15) is 22.3 Å². The molecule has 10 aromatic rings. The Hall–Kier alpha value is -7.30. The fourth-order valence-electron chi connectivity index (χ4n) is 9.42. The molecular weight excluding hydrogens is 671 g/mol. The zero-order chi connectivity index (χ0) is 36.1. The summed E-state index contributed by atoms with van der Waals surface area (Å²) < 4.78 is 9.34. The van der Waals surface area contributed by atoms with Crippen molar-refractivity contribution in [1.82, 2.24) is 14.5 Å². The van der Waals surface area contributed by atoms with E-state index in [1.54, 1.807) is 0 Å². The Labute approximate surface area is 317 Å². The Morgan fingerprint density at radius 2 is 1.02 bits per heavy atom. The fourth-order valence-corrected chi connectivity index (χ4v) is 9.42. The zero-order valence-corrected chi connectivity index (χ0v) is 29.6. The van der Waals surface area contributed by atoms with Gasteiger partial charge >= 0.3 is 0 Å². The van der Waals surface area contributed by atoms with Crippen molar-refractivity contribution in [3.63, 3.8) is 0 Å². The van der Waals surface area contributed by atoms with Gasteiger partial charge in [0.05, 0.1) is 33.0 Å². The monoisotopic (exact) mass is 701 g/mol. The molecule has 4 nitrogen and oxygen atoms in total. The van der Waals surface area contributed by atoms with Gasteiger partial charge in [0.25, 0.3) is 0 Å². The van der Waals surface area contributed by atoms with Crippen molar-refractivity contribution in [3.8, 4) is 51.0 Å². The number of rotatable bonds is 3. The van der Waals surface area contributed by atoms with Crippen LogP contribution in [-0.2, 0) is 5.41 Å². The molecule has 55 heavy (non-hydrogen) atoms. The van der Waals surface area contributed by atoms with E-state index in [1.165, 1.54) is 33.4 Å². The number of ether oxygens (including phenoxy) is 1. The predicted octanol–water partition coefficient (Wildman–Crippen LogP) is 12.5. The summed E-state index contributed by atoms with van der Waals surface area (Å²) in [6, 6.07) is 66.9. The predicted molar refractivity (Wildman–Crippen MR) is 222 cm³/mol. The molecule has 0 bridgehead atoms. The van der Waals surface area contributed by atoms with Gasteiger partial charge in [-0.15, -0.1) is 0 Å². The van der Waals surface area contributed by atoms with Gasteiger partial charge in [0, 0.05) is 27.5 Å². The molecule has 2 aromatic heterocycles. The van der Waals surface area contributed by atoms with E-state index < -0.39 is 5.41 Å². The molecule has 0 amide bonds. The summed E-state index contributed by atoms with van der Waals surface area (Å²) in [6.45, 7) is 0. The molecule has 0 N–H and O–H groups in total. The lowest BCUT2D eigenvalue weighted by atomic mass is 9.66. The third-order valence-electron chi connectivity index (χ3n) is 11.7. The number of para-hydroxylation sites is 3. The molecule has 12 rings (SSSR count). The first-order valence-electron chi connectivity index (χ1n) is 18.8. The van der Waals surface area contributed by atoms with E-state index in [2.05, 4.69) is 180 Å². The van der Waals surface area contributed by atoms with Crippen LogP contribution in [0.25, 0.3) is 72.2 Å². The van der Waals surface area contributed by atoms with Gasteiger partial charge in [-0.2, -0.15) is 0 Å². The number of benzene rings is 8. The Balaban J connectivity index is 1.13. The molecule has 0 fully saturated rings. The summed E-state index contributed by atoms with van der Waals surface area (Å²) in [5, 5.41) is 3.15. The molecule has 1 aliphatic heterocycles. The van der Waals surface area contributed by atoms with Crippen LogP contribution in [0.3, 0.4) is 0 Å². The molecule has 8 aromatic carbocycles. The first-order valence-corrected chi connectivity index (χ1v) is 18.8. The van der Waals surface area contributed by atoms with Gasteiger partial charge in [-0.25, -0.2) is 9.97 Å². The van der Waals surface area contributed by atoms with Crippen LogP contribution in [0.5, 0.6) is 11.5 Å². The first kappa shape index (κ1) is 30.2. The van der Waals surface area contributed by atoms with Crippen LogP contribution >= 0.6 is 0 Å². The summed E-state index contributed by atoms with van der Waals surface area (Å²) in [7, 11) is 0. The average Bonchev–Trinajstić information content (AvgIpc) is 3.75. The molecule has 1 aliphatic carbocycles. The van der Waals surface area contributed by atoms with Gasteiger partial charge in [-0.3, -0.25) is 4.57 Å². The summed E-state index contributed by atoms with van der Waals surface area (Å²) >= 11 is 0. The van der Waals surface area contributed by atoms with Gasteiger partial charge < -0.3 is 4.74 Å². The summed E-state index contributed by atoms with van der Waals surface area (Å²) in [4.78, 5) is 10.7. The van der Waals surface area contributed by atoms with Crippen molar-refractivity contribution in [2.45, 2.75) is 5.41 Å². The second-order valence-electron chi connectivity index (χ2n) is 14.5. The molecular formula is C51H31N3O. The largest absolute Gasteiger partial charge is 0.456 e. The normalized spacial score (nSPS) is 13.4. The van der Waals surface area contributed by atoms with Crippen molar-refractivity contribution in [2.75, 3.05) is 0 Å². The highest BCUT2D eigenvalue weighted by atomic mass is 16.5. The Bertz CT molecular complexity index is 3130. The van der Waals surface area contributed by atoms with E-state index in [9.17, 15) is 0 Å². The average molecular weight is 702 g/mol. The summed E-state index contributed by atoms with van der Waals surface area (Å²) in [5.74, 6) is 2.36. The highest BCUT2D eigenvalue weighted by molar-refractivity contribution is 6.13. The Morgan fingerprint density at radius 1 is 0.418 bits per heavy atom. The number of fused-ring (bicyclic) bond motifs is 14. The third kappa shape index (κ3) is 4.11. The molecule has 2 aliphatic rings. The molecule has 3 heterocycles. The third-order valence-corrected chi connectivity index (χ3v) is 11.7. The van der Waals surface area contributed by atoms with Gasteiger partial charge in [0.1, 0.15) is 11.5 Å². The first-order chi connectivity index (χ1) is 27.3. The smallest absolute Gasteiger partial charge is 0.235 e. The standard InChI is InChI=1S/C51H31N3O/c1-2-14-32(15-3-1)33-26-28-34(29-27-33)48-37-18-6-11-23-43(37)52-50(53-48)54-44-24-12-7-19-38(44)47-45(54)31-30-42-49(47)55-46-25-13-10-22-41(46)51(42)39-20-8-4-16-35(39)36-17-5-9-21-40(36)51/h1-31H. The van der Waals surface area contributed by atoms with E-state index in [4.69, 9.17) is 14.7 Å². The van der Waals surface area contributed by atoms with E-state index in [0.29, 0.717) is 5.95 Å². The van der Waals surface area contributed by atoms with E-state index >= 15 is 0 Å². The second-order valence-corrected chi connectivity index (χ2v) is 14.5. The maximum atomic E-state index is 7.12. The molecule has 4 heteroatoms. The number of aromatic nitrogens is 3. The van der Waals surface area contributed by atoms with Crippen LogP contribution in [0.2, 0.25) is 0 Å². The summed E-state index contributed by atoms with van der Waals surface area (Å²) in [5.41, 5.74) is 14.0. The SMILES string of the molecule is c1ccc(-c2ccc(-c3nc(-n4c5ccccc5c5c6c(ccc54)C4(c5ccccc5O6)c5ccccc5-c5ccccc54)nc4ccccc34)cc2)cc1. The minimum absolute atomic E-state index is 0.548. The molecule has 0 saturated heterocycles. The van der Waals surface area contributed by atoms with Gasteiger partial charge in [0.15, 0.2) is 0 Å². The quantitative estimate of drug-likeness (QED) is 0.184.